The average molecular weight is 154 g/mol. The van der Waals surface area contributed by atoms with E-state index in [1.807, 2.05) is 0 Å². The Labute approximate surface area is 73.5 Å². The van der Waals surface area contributed by atoms with Gasteiger partial charge in [0.1, 0.15) is 0 Å². The first-order chi connectivity index (χ1) is 6.34. The molecule has 64 valence electrons. The molecule has 0 bridgehead atoms. The van der Waals surface area contributed by atoms with Crippen LogP contribution in [-0.2, 0) is 0 Å². The van der Waals surface area contributed by atoms with Gasteiger partial charge in [-0.1, -0.05) is 38.3 Å². The van der Waals surface area contributed by atoms with E-state index in [-0.39, 0.29) is 0 Å². The third-order valence-corrected chi connectivity index (χ3v) is 2.35. The van der Waals surface area contributed by atoms with E-state index in [1.54, 1.807) is 0 Å². The third kappa shape index (κ3) is 3.60. The molecule has 0 saturated carbocycles. The Kier molecular flexibility index (Phi) is 3.08. The largest absolute Gasteiger partial charge is 0.0883 e. The van der Waals surface area contributed by atoms with Crippen LogP contribution in [0.15, 0.2) is 12.1 Å². The van der Waals surface area contributed by atoms with Gasteiger partial charge in [-0.05, 0) is 31.6 Å². The van der Waals surface area contributed by atoms with Gasteiger partial charge in [0.05, 0.1) is 1.37 Å². The number of hydrogen-bond acceptors (Lipinski definition) is 0. The molecule has 1 unspecified atom stereocenters. The SMILES string of the molecule is [2H]CCC1CCCCCCC=C1[2H]. The van der Waals surface area contributed by atoms with Gasteiger partial charge in [0.2, 0.25) is 0 Å². The van der Waals surface area contributed by atoms with Crippen LogP contribution in [0, 0.1) is 5.92 Å². The lowest BCUT2D eigenvalue weighted by Gasteiger charge is -2.07. The Balaban J connectivity index is 2.48. The van der Waals surface area contributed by atoms with Gasteiger partial charge >= 0.3 is 0 Å². The topological polar surface area (TPSA) is 0 Å². The lowest BCUT2D eigenvalue weighted by atomic mass is 9.99. The second-order valence-corrected chi connectivity index (χ2v) is 3.35. The van der Waals surface area contributed by atoms with Crippen molar-refractivity contribution >= 4 is 0 Å². The number of allylic oxidation sites excluding steroid dienone is 2. The van der Waals surface area contributed by atoms with Gasteiger partial charge in [-0.3, -0.25) is 0 Å². The number of hydrogen-bond donors (Lipinski definition) is 0. The van der Waals surface area contributed by atoms with E-state index < -0.39 is 0 Å². The Morgan fingerprint density at radius 2 is 2.36 bits per heavy atom. The highest BCUT2D eigenvalue weighted by Gasteiger charge is 2.02. The molecule has 0 radical (unpaired) electrons. The molecule has 0 N–H and O–H groups in total. The quantitative estimate of drug-likeness (QED) is 0.502. The maximum Gasteiger partial charge on any atom is 0.0575 e. The lowest BCUT2D eigenvalue weighted by molar-refractivity contribution is 0.523. The summed E-state index contributed by atoms with van der Waals surface area (Å²) >= 11 is 0. The zero-order valence-electron chi connectivity index (χ0n) is 9.31. The molecule has 0 aromatic heterocycles. The first kappa shape index (κ1) is 6.28. The van der Waals surface area contributed by atoms with Crippen molar-refractivity contribution in [3.05, 3.63) is 12.1 Å². The molecule has 1 aliphatic rings. The van der Waals surface area contributed by atoms with Crippen molar-refractivity contribution in [3.8, 4) is 0 Å². The molecule has 0 heteroatoms. The van der Waals surface area contributed by atoms with Gasteiger partial charge in [0, 0.05) is 1.37 Å². The van der Waals surface area contributed by atoms with Gasteiger partial charge in [0.15, 0.2) is 0 Å². The Morgan fingerprint density at radius 1 is 1.45 bits per heavy atom. The molecular formula is C11H20. The first-order valence-corrected chi connectivity index (χ1v) is 4.80. The highest BCUT2D eigenvalue weighted by atomic mass is 14.1. The normalized spacial score (nSPS) is 30.5. The summed E-state index contributed by atoms with van der Waals surface area (Å²) in [6, 6.07) is 0.800. The second-order valence-electron chi connectivity index (χ2n) is 3.35. The Morgan fingerprint density at radius 3 is 3.27 bits per heavy atom. The molecule has 0 heterocycles. The fourth-order valence-electron chi connectivity index (χ4n) is 1.55. The summed E-state index contributed by atoms with van der Waals surface area (Å²) in [7, 11) is 0. The Bertz CT molecular complexity index is 163. The van der Waals surface area contributed by atoms with Crippen molar-refractivity contribution in [3.63, 3.8) is 0 Å². The van der Waals surface area contributed by atoms with Crippen molar-refractivity contribution in [2.45, 2.75) is 51.8 Å². The van der Waals surface area contributed by atoms with Crippen LogP contribution in [0.3, 0.4) is 0 Å². The van der Waals surface area contributed by atoms with Crippen LogP contribution in [0.2, 0.25) is 0 Å². The van der Waals surface area contributed by atoms with Crippen molar-refractivity contribution in [2.75, 3.05) is 0 Å². The van der Waals surface area contributed by atoms with Crippen molar-refractivity contribution < 1.29 is 2.74 Å². The minimum absolute atomic E-state index is 0.385. The summed E-state index contributed by atoms with van der Waals surface area (Å²) in [6.07, 6.45) is 10.3. The van der Waals surface area contributed by atoms with Crippen molar-refractivity contribution in [1.82, 2.24) is 0 Å². The Hall–Kier alpha value is -0.260. The van der Waals surface area contributed by atoms with Gasteiger partial charge in [-0.2, -0.15) is 0 Å². The molecule has 0 nitrogen and oxygen atoms in total. The maximum absolute atomic E-state index is 7.84. The lowest BCUT2D eigenvalue weighted by Crippen LogP contribution is -1.92. The van der Waals surface area contributed by atoms with E-state index in [0.29, 0.717) is 12.8 Å². The van der Waals surface area contributed by atoms with E-state index in [9.17, 15) is 0 Å². The standard InChI is InChI=1S/C11H20/c1-2-11-9-7-5-3-4-6-8-10-11/h7,9,11H,2-6,8,10H2,1H3/i1D,9D. The molecule has 0 aromatic carbocycles. The van der Waals surface area contributed by atoms with E-state index in [2.05, 4.69) is 6.08 Å². The van der Waals surface area contributed by atoms with E-state index in [0.717, 1.165) is 25.3 Å². The van der Waals surface area contributed by atoms with E-state index in [4.69, 9.17) is 2.74 Å². The van der Waals surface area contributed by atoms with Gasteiger partial charge in [-0.15, -0.1) is 0 Å². The summed E-state index contributed by atoms with van der Waals surface area (Å²) in [5.74, 6) is 0.385. The first-order valence-electron chi connectivity index (χ1n) is 6.01. The van der Waals surface area contributed by atoms with Crippen LogP contribution in [0.1, 0.15) is 54.6 Å². The van der Waals surface area contributed by atoms with Crippen LogP contribution >= 0.6 is 0 Å². The monoisotopic (exact) mass is 154 g/mol. The van der Waals surface area contributed by atoms with Gasteiger partial charge in [-0.25, -0.2) is 0 Å². The van der Waals surface area contributed by atoms with Crippen molar-refractivity contribution in [2.24, 2.45) is 5.92 Å². The number of rotatable bonds is 1. The zero-order valence-corrected chi connectivity index (χ0v) is 7.31. The predicted octanol–water partition coefficient (Wildman–Crippen LogP) is 3.92. The smallest absolute Gasteiger partial charge is 0.0575 e. The van der Waals surface area contributed by atoms with E-state index in [1.165, 1.54) is 25.7 Å². The molecule has 1 rings (SSSR count). The minimum atomic E-state index is 0.385. The van der Waals surface area contributed by atoms with Crippen LogP contribution in [0.4, 0.5) is 0 Å². The van der Waals surface area contributed by atoms with Crippen LogP contribution < -0.4 is 0 Å². The van der Waals surface area contributed by atoms with E-state index >= 15 is 0 Å². The molecule has 1 atom stereocenters. The highest BCUT2D eigenvalue weighted by molar-refractivity contribution is 4.88. The van der Waals surface area contributed by atoms with Crippen LogP contribution in [-0.4, -0.2) is 0 Å². The predicted molar refractivity (Wildman–Crippen MR) is 50.6 cm³/mol. The summed E-state index contributed by atoms with van der Waals surface area (Å²) in [4.78, 5) is 0. The minimum Gasteiger partial charge on any atom is -0.0883 e. The fraction of sp³-hybridized carbons (Fsp3) is 0.818. The fourth-order valence-corrected chi connectivity index (χ4v) is 1.55. The van der Waals surface area contributed by atoms with Crippen LogP contribution in [0.25, 0.3) is 0 Å². The summed E-state index contributed by atoms with van der Waals surface area (Å²) < 4.78 is 15.0. The third-order valence-electron chi connectivity index (χ3n) is 2.35. The van der Waals surface area contributed by atoms with Gasteiger partial charge in [0.25, 0.3) is 0 Å². The molecule has 0 fully saturated rings. The molecule has 0 saturated heterocycles. The molecule has 0 amide bonds. The second kappa shape index (κ2) is 5.40. The van der Waals surface area contributed by atoms with Crippen molar-refractivity contribution in [1.29, 1.82) is 0 Å². The maximum atomic E-state index is 7.84. The van der Waals surface area contributed by atoms with Gasteiger partial charge < -0.3 is 0 Å². The summed E-state index contributed by atoms with van der Waals surface area (Å²) in [5, 5.41) is 0. The molecule has 1 aliphatic carbocycles. The molecular weight excluding hydrogens is 132 g/mol. The molecule has 11 heavy (non-hydrogen) atoms. The zero-order chi connectivity index (χ0) is 9.52. The van der Waals surface area contributed by atoms with Crippen LogP contribution in [0.5, 0.6) is 0 Å². The summed E-state index contributed by atoms with van der Waals surface area (Å²) in [5.41, 5.74) is 0. The molecule has 0 aromatic rings. The highest BCUT2D eigenvalue weighted by Crippen LogP contribution is 2.18. The average Bonchev–Trinajstić information content (AvgIpc) is 2.21. The molecule has 0 spiro atoms. The summed E-state index contributed by atoms with van der Waals surface area (Å²) in [6.45, 7) is 0.473. The molecule has 0 aliphatic heterocycles.